The van der Waals surface area contributed by atoms with Gasteiger partial charge in [0.1, 0.15) is 11.5 Å². The van der Waals surface area contributed by atoms with Gasteiger partial charge in [0.25, 0.3) is 5.91 Å². The normalized spacial score (nSPS) is 15.5. The van der Waals surface area contributed by atoms with Crippen molar-refractivity contribution in [3.63, 3.8) is 0 Å². The Morgan fingerprint density at radius 3 is 2.41 bits per heavy atom. The Balaban J connectivity index is 1.41. The number of carbonyl (C=O) groups excluding carboxylic acids is 2. The molecular formula is C30H24N2O4S. The fraction of sp³-hybridized carbons (Fsp3) is 0.100. The highest BCUT2D eigenvalue weighted by Crippen LogP contribution is 2.35. The second kappa shape index (κ2) is 11.1. The first-order chi connectivity index (χ1) is 18.1. The molecule has 0 N–H and O–H groups in total. The molecule has 184 valence electrons. The zero-order valence-electron chi connectivity index (χ0n) is 20.2. The molecule has 7 heteroatoms. The maximum Gasteiger partial charge on any atom is 0.337 e. The van der Waals surface area contributed by atoms with E-state index >= 15 is 0 Å². The average molecular weight is 509 g/mol. The Bertz CT molecular complexity index is 1480. The van der Waals surface area contributed by atoms with E-state index in [9.17, 15) is 9.59 Å². The first-order valence-corrected chi connectivity index (χ1v) is 12.5. The summed E-state index contributed by atoms with van der Waals surface area (Å²) in [6.45, 7) is 0.915. The van der Waals surface area contributed by atoms with E-state index < -0.39 is 5.97 Å². The molecule has 1 aliphatic heterocycles. The molecule has 1 aliphatic rings. The van der Waals surface area contributed by atoms with E-state index in [0.717, 1.165) is 16.7 Å². The summed E-state index contributed by atoms with van der Waals surface area (Å²) in [6.07, 6.45) is 1.74. The Labute approximate surface area is 219 Å². The fourth-order valence-electron chi connectivity index (χ4n) is 3.91. The molecule has 0 bridgehead atoms. The third-order valence-electron chi connectivity index (χ3n) is 5.78. The molecule has 1 amide bonds. The fourth-order valence-corrected chi connectivity index (χ4v) is 4.86. The summed E-state index contributed by atoms with van der Waals surface area (Å²) in [7, 11) is 1.35. The van der Waals surface area contributed by atoms with E-state index in [1.807, 2.05) is 78.9 Å². The number of benzene rings is 3. The summed E-state index contributed by atoms with van der Waals surface area (Å²) < 4.78 is 10.8. The molecule has 0 unspecified atom stereocenters. The molecular weight excluding hydrogens is 484 g/mol. The molecule has 6 nitrogen and oxygen atoms in total. The lowest BCUT2D eigenvalue weighted by Gasteiger charge is -2.15. The van der Waals surface area contributed by atoms with E-state index in [1.54, 1.807) is 29.2 Å². The van der Waals surface area contributed by atoms with E-state index in [-0.39, 0.29) is 5.91 Å². The lowest BCUT2D eigenvalue weighted by Crippen LogP contribution is -2.28. The molecule has 37 heavy (non-hydrogen) atoms. The van der Waals surface area contributed by atoms with Crippen molar-refractivity contribution in [2.75, 3.05) is 7.11 Å². The Kier molecular flexibility index (Phi) is 7.33. The summed E-state index contributed by atoms with van der Waals surface area (Å²) in [6, 6.07) is 30.5. The number of nitrogens with zero attached hydrogens (tertiary/aromatic N) is 2. The van der Waals surface area contributed by atoms with Crippen LogP contribution in [0.15, 0.2) is 111 Å². The molecule has 1 aromatic heterocycles. The van der Waals surface area contributed by atoms with Crippen LogP contribution in [0.2, 0.25) is 0 Å². The van der Waals surface area contributed by atoms with Crippen molar-refractivity contribution in [2.45, 2.75) is 13.1 Å². The van der Waals surface area contributed by atoms with E-state index in [1.165, 1.54) is 18.9 Å². The molecule has 4 aromatic rings. The maximum atomic E-state index is 13.4. The van der Waals surface area contributed by atoms with Crippen LogP contribution >= 0.6 is 11.8 Å². The van der Waals surface area contributed by atoms with Gasteiger partial charge in [0, 0.05) is 11.6 Å². The smallest absolute Gasteiger partial charge is 0.337 e. The van der Waals surface area contributed by atoms with Crippen molar-refractivity contribution in [2.24, 2.45) is 4.99 Å². The van der Waals surface area contributed by atoms with E-state index in [2.05, 4.69) is 0 Å². The largest absolute Gasteiger partial charge is 0.465 e. The van der Waals surface area contributed by atoms with Crippen LogP contribution in [-0.2, 0) is 22.6 Å². The number of rotatable bonds is 7. The van der Waals surface area contributed by atoms with Gasteiger partial charge in [0.2, 0.25) is 0 Å². The first-order valence-electron chi connectivity index (χ1n) is 11.7. The van der Waals surface area contributed by atoms with Crippen LogP contribution in [0.5, 0.6) is 0 Å². The molecule has 1 fully saturated rings. The number of thioether (sulfide) groups is 1. The van der Waals surface area contributed by atoms with Gasteiger partial charge in [-0.15, -0.1) is 0 Å². The summed E-state index contributed by atoms with van der Waals surface area (Å²) in [4.78, 5) is 32.3. The summed E-state index contributed by atoms with van der Waals surface area (Å²) >= 11 is 1.34. The quantitative estimate of drug-likeness (QED) is 0.213. The van der Waals surface area contributed by atoms with Crippen LogP contribution in [0.1, 0.15) is 27.2 Å². The van der Waals surface area contributed by atoms with Crippen molar-refractivity contribution in [3.05, 3.63) is 124 Å². The number of furan rings is 1. The zero-order chi connectivity index (χ0) is 25.6. The van der Waals surface area contributed by atoms with Crippen LogP contribution in [0, 0.1) is 0 Å². The van der Waals surface area contributed by atoms with Gasteiger partial charge < -0.3 is 9.15 Å². The molecule has 0 aliphatic carbocycles. The third kappa shape index (κ3) is 5.73. The standard InChI is InChI=1S/C30H24N2O4S/c1-35-29(34)24-14-8-13-23(17-24)26-16-15-25(36-26)18-27-28(33)32(20-22-11-6-3-7-12-22)30(37-27)31-19-21-9-4-2-5-10-21/h2-18H,19-20H2,1H3/b27-18-,31-30?. The lowest BCUT2D eigenvalue weighted by atomic mass is 10.1. The third-order valence-corrected chi connectivity index (χ3v) is 6.82. The Morgan fingerprint density at radius 1 is 0.946 bits per heavy atom. The minimum absolute atomic E-state index is 0.119. The van der Waals surface area contributed by atoms with Crippen LogP contribution in [0.4, 0.5) is 0 Å². The highest BCUT2D eigenvalue weighted by Gasteiger charge is 2.33. The minimum atomic E-state index is -0.412. The molecule has 3 aromatic carbocycles. The number of ether oxygens (including phenoxy) is 1. The van der Waals surface area contributed by atoms with E-state index in [0.29, 0.717) is 40.2 Å². The van der Waals surface area contributed by atoms with Crippen LogP contribution in [0.25, 0.3) is 17.4 Å². The maximum absolute atomic E-state index is 13.4. The van der Waals surface area contributed by atoms with E-state index in [4.69, 9.17) is 14.1 Å². The number of methoxy groups -OCH3 is 1. The predicted molar refractivity (Wildman–Crippen MR) is 146 cm³/mol. The number of carbonyl (C=O) groups is 2. The van der Waals surface area contributed by atoms with Crippen LogP contribution in [-0.4, -0.2) is 29.1 Å². The Hall–Kier alpha value is -4.36. The van der Waals surface area contributed by atoms with Gasteiger partial charge in [-0.3, -0.25) is 14.7 Å². The summed E-state index contributed by atoms with van der Waals surface area (Å²) in [5.41, 5.74) is 3.28. The number of hydrogen-bond acceptors (Lipinski definition) is 6. The number of esters is 1. The molecule has 2 heterocycles. The van der Waals surface area contributed by atoms with Crippen LogP contribution < -0.4 is 0 Å². The van der Waals surface area contributed by atoms with Crippen molar-refractivity contribution >= 4 is 34.9 Å². The number of hydrogen-bond donors (Lipinski definition) is 0. The lowest BCUT2D eigenvalue weighted by molar-refractivity contribution is -0.122. The zero-order valence-corrected chi connectivity index (χ0v) is 21.0. The topological polar surface area (TPSA) is 72.1 Å². The van der Waals surface area contributed by atoms with Crippen molar-refractivity contribution in [3.8, 4) is 11.3 Å². The van der Waals surface area contributed by atoms with Gasteiger partial charge in [0.05, 0.1) is 30.7 Å². The van der Waals surface area contributed by atoms with Crippen molar-refractivity contribution in [1.29, 1.82) is 0 Å². The van der Waals surface area contributed by atoms with Gasteiger partial charge in [-0.05, 0) is 47.2 Å². The monoisotopic (exact) mass is 508 g/mol. The second-order valence-corrected chi connectivity index (χ2v) is 9.36. The summed E-state index contributed by atoms with van der Waals surface area (Å²) in [5, 5.41) is 0.654. The average Bonchev–Trinajstić information content (AvgIpc) is 3.53. The minimum Gasteiger partial charge on any atom is -0.465 e. The SMILES string of the molecule is COC(=O)c1cccc(-c2ccc(/C=C3\SC(=NCc4ccccc4)N(Cc4ccccc4)C3=O)o2)c1. The molecule has 1 saturated heterocycles. The van der Waals surface area contributed by atoms with Crippen molar-refractivity contribution < 1.29 is 18.7 Å². The highest BCUT2D eigenvalue weighted by molar-refractivity contribution is 8.18. The molecule has 0 radical (unpaired) electrons. The number of amidine groups is 1. The highest BCUT2D eigenvalue weighted by atomic mass is 32.2. The molecule has 0 saturated carbocycles. The second-order valence-electron chi connectivity index (χ2n) is 8.35. The molecule has 0 atom stereocenters. The first kappa shape index (κ1) is 24.3. The van der Waals surface area contributed by atoms with Crippen molar-refractivity contribution in [1.82, 2.24) is 4.90 Å². The summed E-state index contributed by atoms with van der Waals surface area (Å²) in [5.74, 6) is 0.598. The van der Waals surface area contributed by atoms with Gasteiger partial charge in [-0.2, -0.15) is 0 Å². The number of aliphatic imine (C=N–C) groups is 1. The van der Waals surface area contributed by atoms with Gasteiger partial charge in [-0.25, -0.2) is 4.79 Å². The van der Waals surface area contributed by atoms with Gasteiger partial charge >= 0.3 is 5.97 Å². The predicted octanol–water partition coefficient (Wildman–Crippen LogP) is 6.41. The number of amides is 1. The van der Waals surface area contributed by atoms with Gasteiger partial charge in [0.15, 0.2) is 5.17 Å². The molecule has 0 spiro atoms. The molecule has 5 rings (SSSR count). The van der Waals surface area contributed by atoms with Gasteiger partial charge in [-0.1, -0.05) is 72.8 Å². The Morgan fingerprint density at radius 2 is 1.68 bits per heavy atom. The van der Waals surface area contributed by atoms with Crippen LogP contribution in [0.3, 0.4) is 0 Å².